The minimum atomic E-state index is -0.0135. The Hall–Kier alpha value is -2.84. The summed E-state index contributed by atoms with van der Waals surface area (Å²) in [6, 6.07) is 12.7. The summed E-state index contributed by atoms with van der Waals surface area (Å²) in [6.07, 6.45) is 5.84. The number of aromatic nitrogens is 2. The molecule has 1 N–H and O–H groups in total. The molecule has 1 aliphatic rings. The molecule has 2 aromatic heterocycles. The maximum atomic E-state index is 12.9. The number of carbonyl (C=O) groups is 2. The molecule has 1 fully saturated rings. The third-order valence-electron chi connectivity index (χ3n) is 6.45. The minimum Gasteiger partial charge on any atom is -0.352 e. The number of benzene rings is 1. The lowest BCUT2D eigenvalue weighted by Crippen LogP contribution is -2.30. The third-order valence-corrected chi connectivity index (χ3v) is 7.56. The van der Waals surface area contributed by atoms with Gasteiger partial charge in [0.25, 0.3) is 5.91 Å². The summed E-state index contributed by atoms with van der Waals surface area (Å²) in [6.45, 7) is 9.52. The van der Waals surface area contributed by atoms with Crippen LogP contribution in [0.25, 0.3) is 5.52 Å². The van der Waals surface area contributed by atoms with E-state index in [1.807, 2.05) is 24.9 Å². The van der Waals surface area contributed by atoms with E-state index in [-0.39, 0.29) is 11.8 Å². The Kier molecular flexibility index (Phi) is 7.90. The highest BCUT2D eigenvalue weighted by atomic mass is 32.2. The van der Waals surface area contributed by atoms with Crippen LogP contribution in [-0.2, 0) is 11.3 Å². The summed E-state index contributed by atoms with van der Waals surface area (Å²) < 4.78 is 4.23. The van der Waals surface area contributed by atoms with Gasteiger partial charge in [0.2, 0.25) is 5.91 Å². The van der Waals surface area contributed by atoms with Crippen molar-refractivity contribution >= 4 is 29.3 Å². The number of nitrogens with zero attached hydrogens (tertiary/aromatic N) is 4. The smallest absolute Gasteiger partial charge is 0.257 e. The maximum absolute atomic E-state index is 12.9. The minimum absolute atomic E-state index is 0.0135. The van der Waals surface area contributed by atoms with Crippen LogP contribution in [-0.4, -0.2) is 56.8 Å². The van der Waals surface area contributed by atoms with Crippen LogP contribution >= 0.6 is 11.9 Å². The summed E-state index contributed by atoms with van der Waals surface area (Å²) in [7, 11) is 0. The van der Waals surface area contributed by atoms with Crippen molar-refractivity contribution in [3.8, 4) is 0 Å². The molecule has 3 aromatic rings. The summed E-state index contributed by atoms with van der Waals surface area (Å²) >= 11 is 1.80. The Bertz CT molecular complexity index is 1130. The lowest BCUT2D eigenvalue weighted by molar-refractivity contribution is -0.119. The highest BCUT2D eigenvalue weighted by molar-refractivity contribution is 7.97. The van der Waals surface area contributed by atoms with Crippen molar-refractivity contribution in [1.82, 2.24) is 24.1 Å². The normalized spacial score (nSPS) is 14.9. The average Bonchev–Trinajstić information content (AvgIpc) is 3.28. The second-order valence-corrected chi connectivity index (χ2v) is 9.84. The molecule has 7 nitrogen and oxygen atoms in total. The molecule has 0 spiro atoms. The van der Waals surface area contributed by atoms with Gasteiger partial charge < -0.3 is 10.2 Å². The fraction of sp³-hybridized carbons (Fsp3) is 0.423. The van der Waals surface area contributed by atoms with Crippen molar-refractivity contribution in [2.24, 2.45) is 0 Å². The van der Waals surface area contributed by atoms with Gasteiger partial charge >= 0.3 is 0 Å². The molecule has 0 atom stereocenters. The van der Waals surface area contributed by atoms with E-state index in [1.54, 1.807) is 22.7 Å². The van der Waals surface area contributed by atoms with Gasteiger partial charge in [0.05, 0.1) is 17.3 Å². The molecule has 8 heteroatoms. The number of nitrogens with one attached hydrogen (secondary N) is 1. The van der Waals surface area contributed by atoms with Crippen LogP contribution in [0.15, 0.2) is 53.7 Å². The first-order chi connectivity index (χ1) is 16.5. The first-order valence-electron chi connectivity index (χ1n) is 12.0. The average molecular weight is 480 g/mol. The highest BCUT2D eigenvalue weighted by Crippen LogP contribution is 2.34. The Morgan fingerprint density at radius 1 is 1.12 bits per heavy atom. The van der Waals surface area contributed by atoms with E-state index >= 15 is 0 Å². The fourth-order valence-corrected chi connectivity index (χ4v) is 5.37. The largest absolute Gasteiger partial charge is 0.352 e. The molecule has 0 bridgehead atoms. The molecular formula is C26H33N5O2S. The Balaban J connectivity index is 1.37. The van der Waals surface area contributed by atoms with Crippen molar-refractivity contribution in [3.05, 3.63) is 65.5 Å². The monoisotopic (exact) mass is 479 g/mol. The number of rotatable bonds is 8. The first-order valence-corrected chi connectivity index (χ1v) is 12.8. The predicted octanol–water partition coefficient (Wildman–Crippen LogP) is 4.34. The molecule has 0 radical (unpaired) electrons. The molecule has 2 amide bonds. The summed E-state index contributed by atoms with van der Waals surface area (Å²) in [5.74, 6) is 0.514. The van der Waals surface area contributed by atoms with Gasteiger partial charge in [0.1, 0.15) is 0 Å². The van der Waals surface area contributed by atoms with Gasteiger partial charge in [0, 0.05) is 50.7 Å². The molecular weight excluding hydrogens is 446 g/mol. The van der Waals surface area contributed by atoms with Crippen molar-refractivity contribution < 1.29 is 9.59 Å². The molecule has 1 saturated heterocycles. The Morgan fingerprint density at radius 2 is 1.82 bits per heavy atom. The maximum Gasteiger partial charge on any atom is 0.257 e. The number of hydrogen-bond acceptors (Lipinski definition) is 5. The molecule has 34 heavy (non-hydrogen) atoms. The number of fused-ring (bicyclic) bond motifs is 1. The van der Waals surface area contributed by atoms with Crippen LogP contribution in [0.2, 0.25) is 0 Å². The van der Waals surface area contributed by atoms with Crippen LogP contribution in [0, 0.1) is 0 Å². The van der Waals surface area contributed by atoms with E-state index < -0.39 is 0 Å². The SMILES string of the molecule is CCN(CC)C(=O)c1cnn2ccc(C3CCN(Sc4ccc(CNC(C)=O)cc4)CC3)cc12. The highest BCUT2D eigenvalue weighted by Gasteiger charge is 2.23. The van der Waals surface area contributed by atoms with E-state index in [0.29, 0.717) is 31.1 Å². The van der Waals surface area contributed by atoms with Crippen molar-refractivity contribution in [2.75, 3.05) is 26.2 Å². The van der Waals surface area contributed by atoms with Gasteiger partial charge in [-0.25, -0.2) is 8.82 Å². The molecule has 180 valence electrons. The Morgan fingerprint density at radius 3 is 2.47 bits per heavy atom. The van der Waals surface area contributed by atoms with Gasteiger partial charge in [-0.1, -0.05) is 12.1 Å². The molecule has 1 aromatic carbocycles. The number of amides is 2. The molecule has 4 rings (SSSR count). The van der Waals surface area contributed by atoms with Crippen LogP contribution in [0.3, 0.4) is 0 Å². The fourth-order valence-electron chi connectivity index (χ4n) is 4.42. The van der Waals surface area contributed by atoms with E-state index in [0.717, 1.165) is 37.0 Å². The van der Waals surface area contributed by atoms with Crippen molar-refractivity contribution in [1.29, 1.82) is 0 Å². The van der Waals surface area contributed by atoms with Gasteiger partial charge in [-0.2, -0.15) is 5.10 Å². The van der Waals surface area contributed by atoms with E-state index in [2.05, 4.69) is 51.1 Å². The van der Waals surface area contributed by atoms with Crippen molar-refractivity contribution in [3.63, 3.8) is 0 Å². The van der Waals surface area contributed by atoms with E-state index in [4.69, 9.17) is 0 Å². The van der Waals surface area contributed by atoms with Gasteiger partial charge in [0.15, 0.2) is 0 Å². The number of carbonyl (C=O) groups excluding carboxylic acids is 2. The number of hydrogen-bond donors (Lipinski definition) is 1. The standard InChI is InChI=1S/C26H33N5O2S/c1-4-29(5-2)26(33)24-18-28-31-15-12-22(16-25(24)31)21-10-13-30(14-11-21)34-23-8-6-20(7-9-23)17-27-19(3)32/h6-9,12,15-16,18,21H,4-5,10-11,13-14,17H2,1-3H3,(H,27,32). The van der Waals surface area contributed by atoms with Gasteiger partial charge in [-0.15, -0.1) is 0 Å². The van der Waals surface area contributed by atoms with E-state index in [9.17, 15) is 9.59 Å². The Labute approximate surface area is 205 Å². The van der Waals surface area contributed by atoms with Crippen LogP contribution in [0.5, 0.6) is 0 Å². The molecule has 1 aliphatic heterocycles. The van der Waals surface area contributed by atoms with E-state index in [1.165, 1.54) is 17.4 Å². The lowest BCUT2D eigenvalue weighted by Gasteiger charge is -2.31. The second-order valence-electron chi connectivity index (χ2n) is 8.67. The topological polar surface area (TPSA) is 70.0 Å². The zero-order valence-corrected chi connectivity index (χ0v) is 21.0. The molecule has 0 unspecified atom stereocenters. The summed E-state index contributed by atoms with van der Waals surface area (Å²) in [5, 5.41) is 7.23. The van der Waals surface area contributed by atoms with Gasteiger partial charge in [-0.05, 0) is 79.9 Å². The summed E-state index contributed by atoms with van der Waals surface area (Å²) in [4.78, 5) is 27.1. The second kappa shape index (κ2) is 11.1. The summed E-state index contributed by atoms with van der Waals surface area (Å²) in [5.41, 5.74) is 3.96. The third kappa shape index (κ3) is 5.62. The first kappa shape index (κ1) is 24.3. The molecule has 3 heterocycles. The molecule has 0 aliphatic carbocycles. The molecule has 0 saturated carbocycles. The number of pyridine rings is 1. The van der Waals surface area contributed by atoms with Crippen LogP contribution in [0.4, 0.5) is 0 Å². The zero-order chi connectivity index (χ0) is 24.1. The zero-order valence-electron chi connectivity index (χ0n) is 20.2. The van der Waals surface area contributed by atoms with Crippen molar-refractivity contribution in [2.45, 2.75) is 51.0 Å². The van der Waals surface area contributed by atoms with Gasteiger partial charge in [-0.3, -0.25) is 9.59 Å². The quantitative estimate of drug-likeness (QED) is 0.487. The number of piperidine rings is 1. The van der Waals surface area contributed by atoms with Crippen LogP contribution in [0.1, 0.15) is 61.0 Å². The lowest BCUT2D eigenvalue weighted by atomic mass is 9.90. The van der Waals surface area contributed by atoms with Crippen LogP contribution < -0.4 is 5.32 Å². The predicted molar refractivity (Wildman–Crippen MR) is 136 cm³/mol.